The van der Waals surface area contributed by atoms with Gasteiger partial charge in [0.1, 0.15) is 0 Å². The van der Waals surface area contributed by atoms with Crippen molar-refractivity contribution in [1.82, 2.24) is 0 Å². The highest BCUT2D eigenvalue weighted by Gasteiger charge is 2.21. The zero-order chi connectivity index (χ0) is 21.8. The van der Waals surface area contributed by atoms with Gasteiger partial charge in [-0.2, -0.15) is 8.42 Å². The third-order valence-corrected chi connectivity index (χ3v) is 7.30. The quantitative estimate of drug-likeness (QED) is 0.137. The van der Waals surface area contributed by atoms with Crippen LogP contribution in [0.5, 0.6) is 0 Å². The Morgan fingerprint density at radius 3 is 1.31 bits per heavy atom. The number of unbranched alkanes of at least 4 members (excludes halogenated alkanes) is 13. The average molecular weight is 435 g/mol. The van der Waals surface area contributed by atoms with E-state index in [1.807, 2.05) is 0 Å². The molecule has 2 atom stereocenters. The van der Waals surface area contributed by atoms with E-state index in [1.54, 1.807) is 0 Å². The highest BCUT2D eigenvalue weighted by Crippen LogP contribution is 2.19. The largest absolute Gasteiger partial charge is 0.393 e. The van der Waals surface area contributed by atoms with Crippen LogP contribution in [0.2, 0.25) is 0 Å². The van der Waals surface area contributed by atoms with Crippen LogP contribution >= 0.6 is 0 Å². The predicted molar refractivity (Wildman–Crippen MR) is 125 cm³/mol. The maximum Gasteiger partial charge on any atom is 0.267 e. The summed E-state index contributed by atoms with van der Waals surface area (Å²) in [6, 6.07) is 0. The van der Waals surface area contributed by atoms with E-state index in [0.29, 0.717) is 12.8 Å². The topological polar surface area (TPSA) is 74.6 Å². The van der Waals surface area contributed by atoms with Crippen LogP contribution in [0.1, 0.15) is 142 Å². The number of rotatable bonds is 22. The van der Waals surface area contributed by atoms with Crippen LogP contribution < -0.4 is 0 Å². The third kappa shape index (κ3) is 19.6. The van der Waals surface area contributed by atoms with E-state index in [-0.39, 0.29) is 6.10 Å². The highest BCUT2D eigenvalue weighted by molar-refractivity contribution is 7.86. The van der Waals surface area contributed by atoms with Gasteiger partial charge in [-0.15, -0.1) is 0 Å². The van der Waals surface area contributed by atoms with E-state index in [9.17, 15) is 18.1 Å². The first-order chi connectivity index (χ1) is 13.9. The summed E-state index contributed by atoms with van der Waals surface area (Å²) in [6.07, 6.45) is 21.3. The Labute approximate surface area is 182 Å². The van der Waals surface area contributed by atoms with Crippen LogP contribution in [0.15, 0.2) is 0 Å². The Bertz CT molecular complexity index is 436. The van der Waals surface area contributed by atoms with Gasteiger partial charge in [-0.05, 0) is 25.7 Å². The van der Waals surface area contributed by atoms with Crippen molar-refractivity contribution < 1.29 is 18.1 Å². The molecule has 2 N–H and O–H groups in total. The predicted octanol–water partition coefficient (Wildman–Crippen LogP) is 7.45. The molecule has 0 saturated heterocycles. The van der Waals surface area contributed by atoms with E-state index >= 15 is 0 Å². The van der Waals surface area contributed by atoms with Crippen LogP contribution in [-0.2, 0) is 10.1 Å². The summed E-state index contributed by atoms with van der Waals surface area (Å²) in [5, 5.41) is 9.14. The highest BCUT2D eigenvalue weighted by atomic mass is 32.2. The molecule has 0 aliphatic heterocycles. The first-order valence-corrected chi connectivity index (χ1v) is 14.1. The van der Waals surface area contributed by atoms with Crippen LogP contribution in [0, 0.1) is 0 Å². The lowest BCUT2D eigenvalue weighted by molar-refractivity contribution is 0.150. The van der Waals surface area contributed by atoms with Crippen molar-refractivity contribution in [1.29, 1.82) is 0 Å². The summed E-state index contributed by atoms with van der Waals surface area (Å²) >= 11 is 0. The Morgan fingerprint density at radius 1 is 0.552 bits per heavy atom. The molecule has 0 aromatic carbocycles. The SMILES string of the molecule is CCCCCCCCC(CCCCCCCCCCCC(O)CCC)S(=O)(=O)O. The molecule has 2 unspecified atom stereocenters. The molecule has 0 heterocycles. The summed E-state index contributed by atoms with van der Waals surface area (Å²) < 4.78 is 32.7. The smallest absolute Gasteiger partial charge is 0.267 e. The standard InChI is InChI=1S/C24H50O4S/c1-3-5-6-7-14-17-21-24(29(26,27)28)22-18-15-12-10-8-9-11-13-16-20-23(25)19-4-2/h23-25H,3-22H2,1-2H3,(H,26,27,28). The van der Waals surface area contributed by atoms with Gasteiger partial charge in [0, 0.05) is 0 Å². The number of aliphatic hydroxyl groups is 1. The van der Waals surface area contributed by atoms with E-state index < -0.39 is 15.4 Å². The van der Waals surface area contributed by atoms with Gasteiger partial charge in [0.05, 0.1) is 11.4 Å². The summed E-state index contributed by atoms with van der Waals surface area (Å²) in [4.78, 5) is 0. The molecule has 0 fully saturated rings. The second kappa shape index (κ2) is 19.8. The molecule has 0 amide bonds. The van der Waals surface area contributed by atoms with Gasteiger partial charge >= 0.3 is 0 Å². The number of hydrogen-bond acceptors (Lipinski definition) is 3. The first-order valence-electron chi connectivity index (χ1n) is 12.6. The Morgan fingerprint density at radius 2 is 0.931 bits per heavy atom. The van der Waals surface area contributed by atoms with Crippen molar-refractivity contribution in [3.8, 4) is 0 Å². The first kappa shape index (κ1) is 28.9. The molecule has 0 bridgehead atoms. The summed E-state index contributed by atoms with van der Waals surface area (Å²) in [5.41, 5.74) is 0. The lowest BCUT2D eigenvalue weighted by Crippen LogP contribution is -2.20. The fraction of sp³-hybridized carbons (Fsp3) is 1.00. The second-order valence-electron chi connectivity index (χ2n) is 8.90. The van der Waals surface area contributed by atoms with E-state index in [2.05, 4.69) is 13.8 Å². The normalized spacial score (nSPS) is 14.2. The summed E-state index contributed by atoms with van der Waals surface area (Å²) in [5.74, 6) is 0. The fourth-order valence-corrected chi connectivity index (χ4v) is 4.99. The molecular formula is C24H50O4S. The monoisotopic (exact) mass is 434 g/mol. The van der Waals surface area contributed by atoms with Crippen molar-refractivity contribution >= 4 is 10.1 Å². The average Bonchev–Trinajstić information content (AvgIpc) is 2.66. The molecule has 0 saturated carbocycles. The Kier molecular flexibility index (Phi) is 19.7. The van der Waals surface area contributed by atoms with Gasteiger partial charge in [0.15, 0.2) is 0 Å². The van der Waals surface area contributed by atoms with Crippen LogP contribution in [0.4, 0.5) is 0 Å². The van der Waals surface area contributed by atoms with E-state index in [4.69, 9.17) is 0 Å². The van der Waals surface area contributed by atoms with Gasteiger partial charge in [-0.3, -0.25) is 4.55 Å². The van der Waals surface area contributed by atoms with Crippen LogP contribution in [0.3, 0.4) is 0 Å². The van der Waals surface area contributed by atoms with Gasteiger partial charge in [0.2, 0.25) is 0 Å². The van der Waals surface area contributed by atoms with Crippen molar-refractivity contribution in [2.45, 2.75) is 154 Å². The second-order valence-corrected chi connectivity index (χ2v) is 10.6. The zero-order valence-corrected chi connectivity index (χ0v) is 20.2. The molecule has 0 aliphatic carbocycles. The molecule has 0 spiro atoms. The van der Waals surface area contributed by atoms with Gasteiger partial charge < -0.3 is 5.11 Å². The van der Waals surface area contributed by atoms with Crippen LogP contribution in [-0.4, -0.2) is 29.4 Å². The molecular weight excluding hydrogens is 384 g/mol. The molecule has 0 radical (unpaired) electrons. The maximum atomic E-state index is 11.6. The Balaban J connectivity index is 3.61. The van der Waals surface area contributed by atoms with Crippen molar-refractivity contribution in [3.05, 3.63) is 0 Å². The fourth-order valence-electron chi connectivity index (χ4n) is 4.06. The molecule has 0 aromatic heterocycles. The minimum absolute atomic E-state index is 0.104. The minimum Gasteiger partial charge on any atom is -0.393 e. The van der Waals surface area contributed by atoms with Crippen molar-refractivity contribution in [2.24, 2.45) is 0 Å². The van der Waals surface area contributed by atoms with Gasteiger partial charge in [-0.1, -0.05) is 117 Å². The minimum atomic E-state index is -3.90. The summed E-state index contributed by atoms with van der Waals surface area (Å²) in [6.45, 7) is 4.30. The maximum absolute atomic E-state index is 11.6. The number of aliphatic hydroxyl groups excluding tert-OH is 1. The third-order valence-electron chi connectivity index (χ3n) is 5.99. The zero-order valence-electron chi connectivity index (χ0n) is 19.4. The number of hydrogen-bond donors (Lipinski definition) is 2. The van der Waals surface area contributed by atoms with Crippen molar-refractivity contribution in [3.63, 3.8) is 0 Å². The lowest BCUT2D eigenvalue weighted by atomic mass is 10.0. The van der Waals surface area contributed by atoms with Gasteiger partial charge in [-0.25, -0.2) is 0 Å². The molecule has 0 aliphatic rings. The molecule has 0 rings (SSSR count). The van der Waals surface area contributed by atoms with Crippen LogP contribution in [0.25, 0.3) is 0 Å². The lowest BCUT2D eigenvalue weighted by Gasteiger charge is -2.13. The van der Waals surface area contributed by atoms with E-state index in [0.717, 1.165) is 57.8 Å². The molecule has 0 aromatic rings. The molecule has 176 valence electrons. The molecule has 29 heavy (non-hydrogen) atoms. The Hall–Kier alpha value is -0.130. The van der Waals surface area contributed by atoms with Gasteiger partial charge in [0.25, 0.3) is 10.1 Å². The van der Waals surface area contributed by atoms with Crippen molar-refractivity contribution in [2.75, 3.05) is 0 Å². The van der Waals surface area contributed by atoms with E-state index in [1.165, 1.54) is 57.8 Å². The molecule has 5 heteroatoms. The summed E-state index contributed by atoms with van der Waals surface area (Å²) in [7, 11) is -3.90. The molecule has 4 nitrogen and oxygen atoms in total.